The maximum atomic E-state index is 4.57. The third-order valence-electron chi connectivity index (χ3n) is 2.55. The molecule has 74 valence electrons. The molecule has 2 nitrogen and oxygen atoms in total. The zero-order valence-electron chi connectivity index (χ0n) is 8.32. The van der Waals surface area contributed by atoms with Crippen LogP contribution in [0.5, 0.6) is 0 Å². The number of nitrogens with one attached hydrogen (secondary N) is 1. The predicted molar refractivity (Wildman–Crippen MR) is 65.4 cm³/mol. The Labute approximate surface area is 91.7 Å². The third kappa shape index (κ3) is 1.31. The molecule has 2 aromatic carbocycles. The summed E-state index contributed by atoms with van der Waals surface area (Å²) < 4.78 is 0. The molecule has 0 amide bonds. The van der Waals surface area contributed by atoms with Crippen molar-refractivity contribution in [1.29, 1.82) is 0 Å². The molecule has 1 N–H and O–H groups in total. The summed E-state index contributed by atoms with van der Waals surface area (Å²) in [5, 5.41) is 3.43. The highest BCUT2D eigenvalue weighted by molar-refractivity contribution is 7.98. The van der Waals surface area contributed by atoms with E-state index >= 15 is 0 Å². The number of rotatable bonds is 1. The molecule has 0 aliphatic heterocycles. The molecule has 0 aliphatic carbocycles. The molecular formula is C12H10N2S. The van der Waals surface area contributed by atoms with E-state index in [2.05, 4.69) is 46.4 Å². The van der Waals surface area contributed by atoms with Crippen LogP contribution >= 0.6 is 11.8 Å². The largest absolute Gasteiger partial charge is 0.333 e. The molecular weight excluding hydrogens is 204 g/mol. The van der Waals surface area contributed by atoms with Crippen LogP contribution in [-0.4, -0.2) is 16.2 Å². The number of hydrogen-bond donors (Lipinski definition) is 1. The normalized spacial score (nSPS) is 11.3. The summed E-state index contributed by atoms with van der Waals surface area (Å²) in [6.45, 7) is 0. The van der Waals surface area contributed by atoms with Crippen molar-refractivity contribution in [2.75, 3.05) is 6.26 Å². The molecule has 0 spiro atoms. The van der Waals surface area contributed by atoms with Crippen LogP contribution in [0, 0.1) is 0 Å². The summed E-state index contributed by atoms with van der Waals surface area (Å²) in [6, 6.07) is 12.5. The second kappa shape index (κ2) is 3.28. The van der Waals surface area contributed by atoms with E-state index in [0.717, 1.165) is 16.2 Å². The fourth-order valence-corrected chi connectivity index (χ4v) is 2.21. The van der Waals surface area contributed by atoms with Gasteiger partial charge in [0.25, 0.3) is 0 Å². The molecule has 1 heterocycles. The zero-order valence-corrected chi connectivity index (χ0v) is 9.14. The standard InChI is InChI=1S/C12H10N2S/c1-15-12-13-10-7-6-8-4-2-3-5-9(8)11(10)14-12/h2-7H,1H3,(H,13,14). The van der Waals surface area contributed by atoms with E-state index in [0.29, 0.717) is 0 Å². The van der Waals surface area contributed by atoms with Gasteiger partial charge in [-0.25, -0.2) is 4.98 Å². The number of H-pyrrole nitrogens is 1. The number of nitrogens with zero attached hydrogens (tertiary/aromatic N) is 1. The van der Waals surface area contributed by atoms with E-state index in [4.69, 9.17) is 0 Å². The Hall–Kier alpha value is -1.48. The van der Waals surface area contributed by atoms with Crippen molar-refractivity contribution in [2.45, 2.75) is 5.16 Å². The molecule has 0 atom stereocenters. The summed E-state index contributed by atoms with van der Waals surface area (Å²) in [4.78, 5) is 7.86. The minimum absolute atomic E-state index is 0.973. The second-order valence-electron chi connectivity index (χ2n) is 3.43. The quantitative estimate of drug-likeness (QED) is 0.629. The van der Waals surface area contributed by atoms with Gasteiger partial charge < -0.3 is 4.98 Å². The highest BCUT2D eigenvalue weighted by Crippen LogP contribution is 2.25. The summed E-state index contributed by atoms with van der Waals surface area (Å²) in [7, 11) is 0. The van der Waals surface area contributed by atoms with Gasteiger partial charge in [-0.15, -0.1) is 0 Å². The lowest BCUT2D eigenvalue weighted by Crippen LogP contribution is -1.74. The van der Waals surface area contributed by atoms with Crippen LogP contribution < -0.4 is 0 Å². The van der Waals surface area contributed by atoms with Gasteiger partial charge in [-0.3, -0.25) is 0 Å². The minimum Gasteiger partial charge on any atom is -0.333 e. The predicted octanol–water partition coefficient (Wildman–Crippen LogP) is 3.44. The number of thioether (sulfide) groups is 1. The second-order valence-corrected chi connectivity index (χ2v) is 4.22. The fraction of sp³-hybridized carbons (Fsp3) is 0.0833. The monoisotopic (exact) mass is 214 g/mol. The van der Waals surface area contributed by atoms with Gasteiger partial charge in [-0.1, -0.05) is 42.1 Å². The molecule has 3 rings (SSSR count). The lowest BCUT2D eigenvalue weighted by molar-refractivity contribution is 1.09. The minimum atomic E-state index is 0.973. The maximum absolute atomic E-state index is 4.57. The van der Waals surface area contributed by atoms with Gasteiger partial charge in [0.15, 0.2) is 5.16 Å². The van der Waals surface area contributed by atoms with E-state index in [-0.39, 0.29) is 0 Å². The molecule has 3 aromatic rings. The zero-order chi connectivity index (χ0) is 10.3. The molecule has 1 aromatic heterocycles. The van der Waals surface area contributed by atoms with Crippen LogP contribution in [0.2, 0.25) is 0 Å². The lowest BCUT2D eigenvalue weighted by Gasteiger charge is -1.96. The maximum Gasteiger partial charge on any atom is 0.166 e. The molecule has 0 saturated carbocycles. The van der Waals surface area contributed by atoms with E-state index in [1.807, 2.05) is 6.26 Å². The van der Waals surface area contributed by atoms with Crippen molar-refractivity contribution in [3.05, 3.63) is 36.4 Å². The van der Waals surface area contributed by atoms with Crippen molar-refractivity contribution >= 4 is 33.6 Å². The van der Waals surface area contributed by atoms with Gasteiger partial charge in [0.1, 0.15) is 0 Å². The molecule has 0 fully saturated rings. The van der Waals surface area contributed by atoms with Crippen molar-refractivity contribution in [2.24, 2.45) is 0 Å². The van der Waals surface area contributed by atoms with Crippen molar-refractivity contribution in [1.82, 2.24) is 9.97 Å². The Bertz CT molecular complexity index is 628. The number of benzene rings is 2. The van der Waals surface area contributed by atoms with Gasteiger partial charge in [-0.05, 0) is 17.7 Å². The van der Waals surface area contributed by atoms with E-state index in [9.17, 15) is 0 Å². The summed E-state index contributed by atoms with van der Waals surface area (Å²) in [6.07, 6.45) is 2.03. The summed E-state index contributed by atoms with van der Waals surface area (Å²) >= 11 is 1.64. The molecule has 0 saturated heterocycles. The highest BCUT2D eigenvalue weighted by Gasteiger charge is 2.04. The number of fused-ring (bicyclic) bond motifs is 3. The highest BCUT2D eigenvalue weighted by atomic mass is 32.2. The third-order valence-corrected chi connectivity index (χ3v) is 3.13. The average Bonchev–Trinajstić information content (AvgIpc) is 2.72. The molecule has 15 heavy (non-hydrogen) atoms. The van der Waals surface area contributed by atoms with E-state index in [1.165, 1.54) is 10.8 Å². The van der Waals surface area contributed by atoms with Crippen molar-refractivity contribution < 1.29 is 0 Å². The van der Waals surface area contributed by atoms with Gasteiger partial charge >= 0.3 is 0 Å². The first-order valence-corrected chi connectivity index (χ1v) is 6.02. The Balaban J connectivity index is 2.47. The van der Waals surface area contributed by atoms with Crippen LogP contribution in [0.1, 0.15) is 0 Å². The number of aromatic nitrogens is 2. The van der Waals surface area contributed by atoms with E-state index in [1.54, 1.807) is 11.8 Å². The molecule has 0 radical (unpaired) electrons. The topological polar surface area (TPSA) is 28.7 Å². The Morgan fingerprint density at radius 3 is 2.87 bits per heavy atom. The Morgan fingerprint density at radius 2 is 2.00 bits per heavy atom. The number of imidazole rings is 1. The number of aromatic amines is 1. The molecule has 0 unspecified atom stereocenters. The Kier molecular flexibility index (Phi) is 1.92. The molecule has 0 bridgehead atoms. The van der Waals surface area contributed by atoms with Crippen molar-refractivity contribution in [3.63, 3.8) is 0 Å². The smallest absolute Gasteiger partial charge is 0.166 e. The van der Waals surface area contributed by atoms with Crippen LogP contribution in [0.3, 0.4) is 0 Å². The summed E-state index contributed by atoms with van der Waals surface area (Å²) in [5.74, 6) is 0. The van der Waals surface area contributed by atoms with Crippen molar-refractivity contribution in [3.8, 4) is 0 Å². The Morgan fingerprint density at radius 1 is 1.13 bits per heavy atom. The van der Waals surface area contributed by atoms with Crippen LogP contribution in [-0.2, 0) is 0 Å². The molecule has 0 aliphatic rings. The van der Waals surface area contributed by atoms with Crippen LogP contribution in [0.4, 0.5) is 0 Å². The van der Waals surface area contributed by atoms with Gasteiger partial charge in [0.2, 0.25) is 0 Å². The van der Waals surface area contributed by atoms with Gasteiger partial charge in [0.05, 0.1) is 11.0 Å². The SMILES string of the molecule is CSc1nc2c(ccc3ccccc32)[nH]1. The first kappa shape index (κ1) is 8.80. The van der Waals surface area contributed by atoms with Gasteiger partial charge in [0, 0.05) is 5.39 Å². The van der Waals surface area contributed by atoms with Crippen LogP contribution in [0.15, 0.2) is 41.6 Å². The van der Waals surface area contributed by atoms with Crippen LogP contribution in [0.25, 0.3) is 21.8 Å². The summed E-state index contributed by atoms with van der Waals surface area (Å²) in [5.41, 5.74) is 2.18. The van der Waals surface area contributed by atoms with Gasteiger partial charge in [-0.2, -0.15) is 0 Å². The lowest BCUT2D eigenvalue weighted by atomic mass is 10.1. The first-order valence-electron chi connectivity index (χ1n) is 4.80. The first-order chi connectivity index (χ1) is 7.38. The fourth-order valence-electron chi connectivity index (χ4n) is 1.82. The average molecular weight is 214 g/mol. The molecule has 3 heteroatoms. The van der Waals surface area contributed by atoms with E-state index < -0.39 is 0 Å². The number of hydrogen-bond acceptors (Lipinski definition) is 2.